The number of nitrogens with zero attached hydrogens (tertiary/aromatic N) is 4. The number of carbonyl (C=O) groups is 1. The van der Waals surface area contributed by atoms with Gasteiger partial charge in [0, 0.05) is 18.7 Å². The third-order valence-corrected chi connectivity index (χ3v) is 3.55. The Morgan fingerprint density at radius 1 is 1.45 bits per heavy atom. The maximum Gasteiger partial charge on any atom is 0.220 e. The molecular weight excluding hydrogens is 276 g/mol. The van der Waals surface area contributed by atoms with Crippen LogP contribution in [0.1, 0.15) is 29.2 Å². The number of nitrogens with two attached hydrogens (primary N) is 1. The second-order valence-electron chi connectivity index (χ2n) is 4.56. The Hall–Kier alpha value is -1.96. The lowest BCUT2D eigenvalue weighted by molar-refractivity contribution is -0.121. The number of nitrogen functional groups attached to an aromatic ring is 1. The van der Waals surface area contributed by atoms with Crippen molar-refractivity contribution in [2.75, 3.05) is 5.73 Å². The van der Waals surface area contributed by atoms with Crippen LogP contribution in [0.2, 0.25) is 0 Å². The summed E-state index contributed by atoms with van der Waals surface area (Å²) < 4.78 is 1.92. The molecule has 0 aromatic carbocycles. The van der Waals surface area contributed by atoms with Crippen molar-refractivity contribution in [3.05, 3.63) is 22.5 Å². The molecule has 2 heterocycles. The first-order valence-electron chi connectivity index (χ1n) is 6.40. The number of aryl methyl sites for hydroxylation is 3. The number of carbonyl (C=O) groups excluding carboxylic acids is 1. The van der Waals surface area contributed by atoms with Crippen LogP contribution in [0.5, 0.6) is 0 Å². The molecule has 0 spiro atoms. The highest BCUT2D eigenvalue weighted by atomic mass is 32.1. The highest BCUT2D eigenvalue weighted by molar-refractivity contribution is 7.15. The first-order chi connectivity index (χ1) is 9.54. The average Bonchev–Trinajstić information content (AvgIpc) is 2.93. The van der Waals surface area contributed by atoms with E-state index in [1.54, 1.807) is 0 Å². The molecule has 2 aromatic rings. The summed E-state index contributed by atoms with van der Waals surface area (Å²) in [5.41, 5.74) is 7.59. The molecule has 2 rings (SSSR count). The third kappa shape index (κ3) is 4.02. The van der Waals surface area contributed by atoms with Gasteiger partial charge in [0.25, 0.3) is 0 Å². The standard InChI is InChI=1S/C12H18N6OS/c1-8-6-9(2)18(17-8)5-3-4-10(19)14-7-11-15-16-12(13)20-11/h6H,3-5,7H2,1-2H3,(H2,13,16)(H,14,19). The molecule has 7 nitrogen and oxygen atoms in total. The fourth-order valence-corrected chi connectivity index (χ4v) is 2.44. The first kappa shape index (κ1) is 14.4. The van der Waals surface area contributed by atoms with Gasteiger partial charge in [-0.2, -0.15) is 5.10 Å². The van der Waals surface area contributed by atoms with Crippen molar-refractivity contribution in [2.45, 2.75) is 39.8 Å². The first-order valence-corrected chi connectivity index (χ1v) is 7.22. The van der Waals surface area contributed by atoms with Crippen LogP contribution in [-0.2, 0) is 17.9 Å². The second kappa shape index (κ2) is 6.47. The minimum Gasteiger partial charge on any atom is -0.374 e. The molecule has 8 heteroatoms. The van der Waals surface area contributed by atoms with Gasteiger partial charge in [-0.3, -0.25) is 9.48 Å². The number of amides is 1. The van der Waals surface area contributed by atoms with Crippen molar-refractivity contribution >= 4 is 22.4 Å². The smallest absolute Gasteiger partial charge is 0.220 e. The van der Waals surface area contributed by atoms with Gasteiger partial charge in [0.05, 0.1) is 12.2 Å². The molecule has 0 fully saturated rings. The topological polar surface area (TPSA) is 98.7 Å². The quantitative estimate of drug-likeness (QED) is 0.829. The fourth-order valence-electron chi connectivity index (χ4n) is 1.89. The van der Waals surface area contributed by atoms with Crippen molar-refractivity contribution in [3.63, 3.8) is 0 Å². The zero-order chi connectivity index (χ0) is 14.5. The Kier molecular flexibility index (Phi) is 4.67. The summed E-state index contributed by atoms with van der Waals surface area (Å²) in [6.07, 6.45) is 1.22. The number of hydrogen-bond donors (Lipinski definition) is 2. The molecular formula is C12H18N6OS. The summed E-state index contributed by atoms with van der Waals surface area (Å²) in [7, 11) is 0. The molecule has 2 aromatic heterocycles. The van der Waals surface area contributed by atoms with Crippen molar-refractivity contribution in [1.29, 1.82) is 0 Å². The normalized spacial score (nSPS) is 10.7. The molecule has 0 bridgehead atoms. The maximum atomic E-state index is 11.7. The average molecular weight is 294 g/mol. The molecule has 20 heavy (non-hydrogen) atoms. The second-order valence-corrected chi connectivity index (χ2v) is 5.66. The van der Waals surface area contributed by atoms with Gasteiger partial charge in [0.1, 0.15) is 5.01 Å². The predicted molar refractivity (Wildman–Crippen MR) is 77.1 cm³/mol. The summed E-state index contributed by atoms with van der Waals surface area (Å²) >= 11 is 1.28. The van der Waals surface area contributed by atoms with Gasteiger partial charge in [0.2, 0.25) is 11.0 Å². The van der Waals surface area contributed by atoms with E-state index in [2.05, 4.69) is 20.6 Å². The Morgan fingerprint density at radius 2 is 2.25 bits per heavy atom. The number of rotatable bonds is 6. The zero-order valence-electron chi connectivity index (χ0n) is 11.6. The van der Waals surface area contributed by atoms with Gasteiger partial charge in [0.15, 0.2) is 0 Å². The van der Waals surface area contributed by atoms with Crippen LogP contribution < -0.4 is 11.1 Å². The van der Waals surface area contributed by atoms with Gasteiger partial charge in [-0.05, 0) is 26.3 Å². The van der Waals surface area contributed by atoms with Crippen LogP contribution in [0.4, 0.5) is 5.13 Å². The predicted octanol–water partition coefficient (Wildman–Crippen LogP) is 1.03. The molecule has 0 aliphatic carbocycles. The summed E-state index contributed by atoms with van der Waals surface area (Å²) in [5, 5.41) is 15.8. The molecule has 3 N–H and O–H groups in total. The Morgan fingerprint density at radius 3 is 2.85 bits per heavy atom. The molecule has 1 amide bonds. The molecule has 0 unspecified atom stereocenters. The van der Waals surface area contributed by atoms with Gasteiger partial charge >= 0.3 is 0 Å². The Labute approximate surface area is 121 Å². The SMILES string of the molecule is Cc1cc(C)n(CCCC(=O)NCc2nnc(N)s2)n1. The highest BCUT2D eigenvalue weighted by Gasteiger charge is 2.06. The van der Waals surface area contributed by atoms with Gasteiger partial charge < -0.3 is 11.1 Å². The van der Waals surface area contributed by atoms with E-state index in [-0.39, 0.29) is 5.91 Å². The molecule has 0 aliphatic heterocycles. The molecule has 0 saturated carbocycles. The largest absolute Gasteiger partial charge is 0.374 e. The lowest BCUT2D eigenvalue weighted by Crippen LogP contribution is -2.22. The van der Waals surface area contributed by atoms with E-state index in [0.717, 1.165) is 29.4 Å². The lowest BCUT2D eigenvalue weighted by Gasteiger charge is -2.05. The molecule has 0 radical (unpaired) electrons. The van der Waals surface area contributed by atoms with Crippen molar-refractivity contribution in [1.82, 2.24) is 25.3 Å². The van der Waals surface area contributed by atoms with Crippen LogP contribution in [0, 0.1) is 13.8 Å². The van der Waals surface area contributed by atoms with E-state index < -0.39 is 0 Å². The molecule has 0 saturated heterocycles. The summed E-state index contributed by atoms with van der Waals surface area (Å²) in [6.45, 7) is 5.11. The van der Waals surface area contributed by atoms with E-state index in [1.165, 1.54) is 11.3 Å². The molecule has 0 aliphatic rings. The van der Waals surface area contributed by atoms with E-state index in [0.29, 0.717) is 18.1 Å². The zero-order valence-corrected chi connectivity index (χ0v) is 12.4. The van der Waals surface area contributed by atoms with Crippen LogP contribution >= 0.6 is 11.3 Å². The summed E-state index contributed by atoms with van der Waals surface area (Å²) in [6, 6.07) is 2.03. The van der Waals surface area contributed by atoms with E-state index in [1.807, 2.05) is 24.6 Å². The van der Waals surface area contributed by atoms with E-state index in [9.17, 15) is 4.79 Å². The van der Waals surface area contributed by atoms with Gasteiger partial charge in [-0.1, -0.05) is 11.3 Å². The number of anilines is 1. The Balaban J connectivity index is 1.69. The Bertz CT molecular complexity index is 591. The van der Waals surface area contributed by atoms with Crippen LogP contribution in [-0.4, -0.2) is 25.9 Å². The van der Waals surface area contributed by atoms with E-state index >= 15 is 0 Å². The van der Waals surface area contributed by atoms with Crippen molar-refractivity contribution in [3.8, 4) is 0 Å². The van der Waals surface area contributed by atoms with Crippen LogP contribution in [0.25, 0.3) is 0 Å². The highest BCUT2D eigenvalue weighted by Crippen LogP contribution is 2.10. The molecule has 0 atom stereocenters. The van der Waals surface area contributed by atoms with Crippen molar-refractivity contribution in [2.24, 2.45) is 0 Å². The number of nitrogens with one attached hydrogen (secondary N) is 1. The van der Waals surface area contributed by atoms with Gasteiger partial charge in [-0.15, -0.1) is 10.2 Å². The summed E-state index contributed by atoms with van der Waals surface area (Å²) in [4.78, 5) is 11.7. The number of hydrogen-bond acceptors (Lipinski definition) is 6. The monoisotopic (exact) mass is 294 g/mol. The minimum absolute atomic E-state index is 0.000280. The lowest BCUT2D eigenvalue weighted by atomic mass is 10.3. The van der Waals surface area contributed by atoms with E-state index in [4.69, 9.17) is 5.73 Å². The van der Waals surface area contributed by atoms with Crippen LogP contribution in [0.3, 0.4) is 0 Å². The fraction of sp³-hybridized carbons (Fsp3) is 0.500. The molecule has 108 valence electrons. The maximum absolute atomic E-state index is 11.7. The van der Waals surface area contributed by atoms with Gasteiger partial charge in [-0.25, -0.2) is 0 Å². The van der Waals surface area contributed by atoms with Crippen molar-refractivity contribution < 1.29 is 4.79 Å². The minimum atomic E-state index is 0.000280. The third-order valence-electron chi connectivity index (χ3n) is 2.80. The summed E-state index contributed by atoms with van der Waals surface area (Å²) in [5.74, 6) is 0.000280. The number of aromatic nitrogens is 4. The van der Waals surface area contributed by atoms with Crippen LogP contribution in [0.15, 0.2) is 6.07 Å².